The molecule has 0 aliphatic carbocycles. The van der Waals surface area contributed by atoms with Crippen molar-refractivity contribution in [1.29, 1.82) is 15.8 Å². The molecule has 0 spiro atoms. The highest BCUT2D eigenvalue weighted by Crippen LogP contribution is 2.32. The summed E-state index contributed by atoms with van der Waals surface area (Å²) in [7, 11) is 0. The van der Waals surface area contributed by atoms with E-state index in [9.17, 15) is 15.8 Å². The summed E-state index contributed by atoms with van der Waals surface area (Å²) < 4.78 is 0. The van der Waals surface area contributed by atoms with E-state index in [0.717, 1.165) is 16.7 Å². The van der Waals surface area contributed by atoms with Crippen LogP contribution in [0.2, 0.25) is 0 Å². The molecule has 0 amide bonds. The van der Waals surface area contributed by atoms with E-state index in [4.69, 9.17) is 15.0 Å². The molecule has 0 aliphatic rings. The largest absolute Gasteiger partial charge is 0.255 e. The fraction of sp³-hybridized carbons (Fsp3) is 0. The molecule has 0 saturated heterocycles. The second kappa shape index (κ2) is 12.9. The highest BCUT2D eigenvalue weighted by atomic mass is 15.0. The van der Waals surface area contributed by atoms with Crippen molar-refractivity contribution in [3.05, 3.63) is 144 Å². The van der Waals surface area contributed by atoms with Gasteiger partial charge in [0.1, 0.15) is 18.2 Å². The number of nitrogens with zero attached hydrogens (tertiary/aromatic N) is 9. The van der Waals surface area contributed by atoms with Crippen molar-refractivity contribution < 1.29 is 0 Å². The average molecular weight is 616 g/mol. The molecule has 7 rings (SSSR count). The first-order valence-corrected chi connectivity index (χ1v) is 14.8. The molecule has 3 aromatic carbocycles. The van der Waals surface area contributed by atoms with Gasteiger partial charge >= 0.3 is 0 Å². The lowest BCUT2D eigenvalue weighted by Gasteiger charge is -2.11. The zero-order valence-electron chi connectivity index (χ0n) is 25.1. The number of rotatable bonds is 6. The maximum atomic E-state index is 9.70. The van der Waals surface area contributed by atoms with Gasteiger partial charge in [-0.2, -0.15) is 15.8 Å². The minimum Gasteiger partial charge on any atom is -0.255 e. The van der Waals surface area contributed by atoms with Crippen LogP contribution in [0.4, 0.5) is 0 Å². The number of hydrogen-bond donors (Lipinski definition) is 0. The van der Waals surface area contributed by atoms with E-state index in [-0.39, 0.29) is 0 Å². The fourth-order valence-corrected chi connectivity index (χ4v) is 5.36. The molecule has 4 heterocycles. The Hall–Kier alpha value is -7.41. The fourth-order valence-electron chi connectivity index (χ4n) is 5.36. The summed E-state index contributed by atoms with van der Waals surface area (Å²) in [5, 5.41) is 29.1. The monoisotopic (exact) mass is 615 g/mol. The maximum Gasteiger partial charge on any atom is 0.164 e. The van der Waals surface area contributed by atoms with Crippen LogP contribution in [0.25, 0.3) is 67.9 Å². The number of benzene rings is 3. The highest BCUT2D eigenvalue weighted by molar-refractivity contribution is 5.77. The second-order valence-corrected chi connectivity index (χ2v) is 10.6. The van der Waals surface area contributed by atoms with Crippen molar-refractivity contribution in [2.24, 2.45) is 0 Å². The van der Waals surface area contributed by atoms with Gasteiger partial charge in [0.15, 0.2) is 17.5 Å². The third-order valence-corrected chi connectivity index (χ3v) is 7.60. The molecule has 9 heteroatoms. The summed E-state index contributed by atoms with van der Waals surface area (Å²) in [5.74, 6) is 1.23. The zero-order chi connectivity index (χ0) is 32.9. The molecule has 0 atom stereocenters. The predicted molar refractivity (Wildman–Crippen MR) is 180 cm³/mol. The number of hydrogen-bond acceptors (Lipinski definition) is 9. The van der Waals surface area contributed by atoms with E-state index in [1.807, 2.05) is 72.8 Å². The lowest BCUT2D eigenvalue weighted by molar-refractivity contribution is 1.07. The minimum atomic E-state index is 0.410. The lowest BCUT2D eigenvalue weighted by Crippen LogP contribution is -2.01. The summed E-state index contributed by atoms with van der Waals surface area (Å²) in [6.45, 7) is 0. The topological polar surface area (TPSA) is 149 Å². The Morgan fingerprint density at radius 2 is 0.646 bits per heavy atom. The summed E-state index contributed by atoms with van der Waals surface area (Å²) in [4.78, 5) is 28.1. The van der Waals surface area contributed by atoms with E-state index in [2.05, 4.69) is 33.2 Å². The molecule has 7 aromatic rings. The van der Waals surface area contributed by atoms with Crippen LogP contribution in [0.3, 0.4) is 0 Å². The smallest absolute Gasteiger partial charge is 0.164 e. The van der Waals surface area contributed by atoms with Crippen molar-refractivity contribution in [2.45, 2.75) is 0 Å². The first-order valence-electron chi connectivity index (χ1n) is 14.8. The third kappa shape index (κ3) is 5.73. The van der Waals surface area contributed by atoms with Gasteiger partial charge in [0.25, 0.3) is 0 Å². The molecule has 0 N–H and O–H groups in total. The van der Waals surface area contributed by atoms with Gasteiger partial charge in [-0.1, -0.05) is 54.6 Å². The molecular weight excluding hydrogens is 594 g/mol. The quantitative estimate of drug-likeness (QED) is 0.184. The van der Waals surface area contributed by atoms with Crippen LogP contribution < -0.4 is 0 Å². The van der Waals surface area contributed by atoms with Gasteiger partial charge in [0, 0.05) is 52.0 Å². The molecule has 0 aliphatic heterocycles. The lowest BCUT2D eigenvalue weighted by atomic mass is 10.0. The molecule has 0 saturated carbocycles. The van der Waals surface area contributed by atoms with Gasteiger partial charge in [0.2, 0.25) is 0 Å². The van der Waals surface area contributed by atoms with Crippen LogP contribution in [0.1, 0.15) is 16.7 Å². The molecule has 4 aromatic heterocycles. The summed E-state index contributed by atoms with van der Waals surface area (Å²) in [6, 6.07) is 39.7. The van der Waals surface area contributed by atoms with E-state index >= 15 is 0 Å². The van der Waals surface area contributed by atoms with E-state index < -0.39 is 0 Å². The van der Waals surface area contributed by atoms with Crippen molar-refractivity contribution in [3.8, 4) is 86.1 Å². The number of aromatic nitrogens is 6. The first-order chi connectivity index (χ1) is 23.6. The molecule has 0 radical (unpaired) electrons. The van der Waals surface area contributed by atoms with Crippen LogP contribution in [-0.2, 0) is 0 Å². The van der Waals surface area contributed by atoms with Crippen LogP contribution in [0.15, 0.2) is 128 Å². The standard InChI is InChI=1S/C39H21N9/c40-22-31-13-4-16-43-34(31)25-7-1-10-28(19-25)37-46-38(29-11-2-8-26(20-29)35-32(23-41)14-5-17-44-35)48-39(47-37)30-12-3-9-27(21-30)36-33(24-42)15-6-18-45-36/h1-21H. The summed E-state index contributed by atoms with van der Waals surface area (Å²) in [6.07, 6.45) is 4.96. The van der Waals surface area contributed by atoms with Gasteiger partial charge < -0.3 is 0 Å². The van der Waals surface area contributed by atoms with Crippen molar-refractivity contribution in [2.75, 3.05) is 0 Å². The Balaban J connectivity index is 1.41. The van der Waals surface area contributed by atoms with Gasteiger partial charge in [-0.3, -0.25) is 15.0 Å². The summed E-state index contributed by atoms with van der Waals surface area (Å²) >= 11 is 0. The van der Waals surface area contributed by atoms with Gasteiger partial charge in [-0.15, -0.1) is 0 Å². The molecule has 9 nitrogen and oxygen atoms in total. The van der Waals surface area contributed by atoms with Crippen LogP contribution in [0.5, 0.6) is 0 Å². The molecular formula is C39H21N9. The molecule has 222 valence electrons. The Morgan fingerprint density at radius 3 is 0.938 bits per heavy atom. The highest BCUT2D eigenvalue weighted by Gasteiger charge is 2.16. The van der Waals surface area contributed by atoms with Crippen LogP contribution in [0, 0.1) is 34.0 Å². The second-order valence-electron chi connectivity index (χ2n) is 10.6. The molecule has 0 fully saturated rings. The van der Waals surface area contributed by atoms with Crippen LogP contribution in [-0.4, -0.2) is 29.9 Å². The van der Waals surface area contributed by atoms with E-state index in [1.165, 1.54) is 0 Å². The molecule has 0 unspecified atom stereocenters. The average Bonchev–Trinajstić information content (AvgIpc) is 3.17. The Kier molecular flexibility index (Phi) is 7.88. The number of pyridine rings is 3. The Bertz CT molecular complexity index is 2180. The minimum absolute atomic E-state index is 0.410. The van der Waals surface area contributed by atoms with Crippen molar-refractivity contribution >= 4 is 0 Å². The summed E-state index contributed by atoms with van der Waals surface area (Å²) in [5.41, 5.74) is 7.39. The Morgan fingerprint density at radius 1 is 0.354 bits per heavy atom. The van der Waals surface area contributed by atoms with Gasteiger partial charge in [-0.05, 0) is 54.6 Å². The molecule has 48 heavy (non-hydrogen) atoms. The molecule has 0 bridgehead atoms. The van der Waals surface area contributed by atoms with Gasteiger partial charge in [0.05, 0.1) is 33.8 Å². The van der Waals surface area contributed by atoms with Crippen LogP contribution >= 0.6 is 0 Å². The Labute approximate surface area is 275 Å². The third-order valence-electron chi connectivity index (χ3n) is 7.60. The van der Waals surface area contributed by atoms with E-state index in [1.54, 1.807) is 55.0 Å². The van der Waals surface area contributed by atoms with Gasteiger partial charge in [-0.25, -0.2) is 15.0 Å². The number of nitriles is 3. The van der Waals surface area contributed by atoms with E-state index in [0.29, 0.717) is 67.9 Å². The SMILES string of the molecule is N#Cc1cccnc1-c1cccc(-c2nc(-c3cccc(-c4ncccc4C#N)c3)nc(-c3cccc(-c4ncccc4C#N)c3)n2)c1. The normalized spacial score (nSPS) is 10.4. The zero-order valence-corrected chi connectivity index (χ0v) is 25.1. The first kappa shape index (κ1) is 29.3. The van der Waals surface area contributed by atoms with Crippen molar-refractivity contribution in [3.63, 3.8) is 0 Å². The van der Waals surface area contributed by atoms with Crippen molar-refractivity contribution in [1.82, 2.24) is 29.9 Å². The predicted octanol–water partition coefficient (Wildman–Crippen LogP) is 7.67. The maximum absolute atomic E-state index is 9.70.